The summed E-state index contributed by atoms with van der Waals surface area (Å²) in [4.78, 5) is 45.6. The van der Waals surface area contributed by atoms with Gasteiger partial charge in [-0.05, 0) is 12.5 Å². The summed E-state index contributed by atoms with van der Waals surface area (Å²) in [6.45, 7) is 1.15. The lowest BCUT2D eigenvalue weighted by Crippen LogP contribution is -2.65. The van der Waals surface area contributed by atoms with Crippen molar-refractivity contribution in [2.45, 2.75) is 31.3 Å². The Balaban J connectivity index is 2.23. The van der Waals surface area contributed by atoms with Crippen molar-refractivity contribution in [2.24, 2.45) is 0 Å². The number of aromatic amines is 1. The number of hydrogen-bond donors (Lipinski definition) is 1. The Bertz CT molecular complexity index is 899. The van der Waals surface area contributed by atoms with E-state index in [1.165, 1.54) is 18.3 Å². The van der Waals surface area contributed by atoms with Crippen LogP contribution in [0.1, 0.15) is 29.8 Å². The lowest BCUT2D eigenvalue weighted by atomic mass is 9.72. The van der Waals surface area contributed by atoms with Gasteiger partial charge in [0.1, 0.15) is 0 Å². The molecule has 0 unspecified atom stereocenters. The third kappa shape index (κ3) is 3.65. The molecule has 1 aromatic carbocycles. The number of nitrogens with one attached hydrogen (secondary N) is 1. The number of rotatable bonds is 6. The molecule has 10 heteroatoms. The fraction of sp³-hybridized carbons (Fsp3) is 0.421. The Hall–Kier alpha value is -3.43. The van der Waals surface area contributed by atoms with Crippen LogP contribution in [0.4, 0.5) is 4.79 Å². The van der Waals surface area contributed by atoms with Crippen molar-refractivity contribution in [3.05, 3.63) is 63.7 Å². The Morgan fingerprint density at radius 3 is 2.72 bits per heavy atom. The van der Waals surface area contributed by atoms with Gasteiger partial charge in [-0.1, -0.05) is 30.3 Å². The molecule has 0 saturated heterocycles. The number of nitrogens with zero attached hydrogens (tertiary/aromatic N) is 3. The molecule has 29 heavy (non-hydrogen) atoms. The first-order chi connectivity index (χ1) is 13.9. The fourth-order valence-corrected chi connectivity index (χ4v) is 3.90. The third-order valence-electron chi connectivity index (χ3n) is 5.18. The number of amides is 1. The molecule has 3 rings (SSSR count). The van der Waals surface area contributed by atoms with Gasteiger partial charge >= 0.3 is 12.1 Å². The Kier molecular flexibility index (Phi) is 5.81. The molecule has 0 spiro atoms. The van der Waals surface area contributed by atoms with E-state index in [4.69, 9.17) is 9.47 Å². The molecule has 2 heterocycles. The first-order valence-electron chi connectivity index (χ1n) is 9.14. The smallest absolute Gasteiger partial charge is 0.411 e. The van der Waals surface area contributed by atoms with E-state index in [0.717, 1.165) is 0 Å². The molecule has 0 fully saturated rings. The van der Waals surface area contributed by atoms with Crippen molar-refractivity contribution in [1.82, 2.24) is 14.9 Å². The van der Waals surface area contributed by atoms with E-state index in [2.05, 4.69) is 9.97 Å². The number of imidazole rings is 1. The highest BCUT2D eigenvalue weighted by Gasteiger charge is 2.59. The molecule has 0 radical (unpaired) electrons. The van der Waals surface area contributed by atoms with Gasteiger partial charge in [0.15, 0.2) is 5.54 Å². The monoisotopic (exact) mass is 402 g/mol. The second-order valence-corrected chi connectivity index (χ2v) is 6.68. The molecule has 1 aliphatic rings. The van der Waals surface area contributed by atoms with Crippen LogP contribution in [0.5, 0.6) is 0 Å². The van der Waals surface area contributed by atoms with Crippen LogP contribution in [0.25, 0.3) is 0 Å². The predicted molar refractivity (Wildman–Crippen MR) is 101 cm³/mol. The lowest BCUT2D eigenvalue weighted by molar-refractivity contribution is -0.485. The van der Waals surface area contributed by atoms with Crippen LogP contribution in [0.2, 0.25) is 0 Å². The van der Waals surface area contributed by atoms with Crippen LogP contribution in [0.3, 0.4) is 0 Å². The lowest BCUT2D eigenvalue weighted by Gasteiger charge is -2.46. The maximum atomic E-state index is 13.2. The number of hydrogen-bond acceptors (Lipinski definition) is 7. The number of carbonyl (C=O) groups excluding carboxylic acids is 2. The topological polar surface area (TPSA) is 128 Å². The zero-order chi connectivity index (χ0) is 21.0. The number of H-pyrrole nitrogens is 1. The van der Waals surface area contributed by atoms with Gasteiger partial charge < -0.3 is 14.5 Å². The molecular weight excluding hydrogens is 380 g/mol. The van der Waals surface area contributed by atoms with Crippen molar-refractivity contribution in [1.29, 1.82) is 0 Å². The summed E-state index contributed by atoms with van der Waals surface area (Å²) in [6, 6.07) is 8.62. The van der Waals surface area contributed by atoms with E-state index >= 15 is 0 Å². The number of esters is 1. The van der Waals surface area contributed by atoms with E-state index in [1.807, 2.05) is 0 Å². The standard InChI is InChI=1S/C19H22N4O6/c1-3-29-18(25)22-11-16-15(20-12-21-16)9-19(22,17(24)28-2)14(10-23(26)27)13-7-5-4-6-8-13/h4-8,12,14H,3,9-11H2,1-2H3,(H,20,21)/t14-,19-/m1/s1. The van der Waals surface area contributed by atoms with Crippen LogP contribution >= 0.6 is 0 Å². The van der Waals surface area contributed by atoms with E-state index in [1.54, 1.807) is 37.3 Å². The second kappa shape index (κ2) is 8.29. The van der Waals surface area contributed by atoms with Crippen LogP contribution in [-0.4, -0.2) is 57.7 Å². The van der Waals surface area contributed by atoms with Gasteiger partial charge in [0.2, 0.25) is 6.54 Å². The molecule has 1 aromatic heterocycles. The van der Waals surface area contributed by atoms with E-state index in [0.29, 0.717) is 17.0 Å². The molecule has 154 valence electrons. The number of aromatic nitrogens is 2. The number of benzene rings is 1. The third-order valence-corrected chi connectivity index (χ3v) is 5.18. The minimum atomic E-state index is -1.68. The Morgan fingerprint density at radius 1 is 1.38 bits per heavy atom. The van der Waals surface area contributed by atoms with Gasteiger partial charge in [0.05, 0.1) is 43.9 Å². The summed E-state index contributed by atoms with van der Waals surface area (Å²) >= 11 is 0. The largest absolute Gasteiger partial charge is 0.467 e. The first kappa shape index (κ1) is 20.3. The van der Waals surface area contributed by atoms with Crippen molar-refractivity contribution in [2.75, 3.05) is 20.3 Å². The maximum Gasteiger partial charge on any atom is 0.411 e. The minimum absolute atomic E-state index is 0.00961. The second-order valence-electron chi connectivity index (χ2n) is 6.68. The minimum Gasteiger partial charge on any atom is -0.467 e. The van der Waals surface area contributed by atoms with Gasteiger partial charge in [0.25, 0.3) is 0 Å². The molecule has 0 saturated carbocycles. The Labute approximate surface area is 167 Å². The number of fused-ring (bicyclic) bond motifs is 1. The van der Waals surface area contributed by atoms with Gasteiger partial charge in [-0.25, -0.2) is 14.6 Å². The van der Waals surface area contributed by atoms with Crippen molar-refractivity contribution >= 4 is 12.1 Å². The molecule has 2 aromatic rings. The van der Waals surface area contributed by atoms with Crippen molar-refractivity contribution in [3.8, 4) is 0 Å². The highest BCUT2D eigenvalue weighted by molar-refractivity contribution is 5.88. The molecule has 1 amide bonds. The summed E-state index contributed by atoms with van der Waals surface area (Å²) in [5.74, 6) is -1.73. The van der Waals surface area contributed by atoms with Crippen LogP contribution in [0.15, 0.2) is 36.7 Å². The average Bonchev–Trinajstić information content (AvgIpc) is 3.18. The van der Waals surface area contributed by atoms with Crippen molar-refractivity contribution < 1.29 is 24.0 Å². The van der Waals surface area contributed by atoms with Gasteiger partial charge in [-0.2, -0.15) is 0 Å². The molecular formula is C19H22N4O6. The summed E-state index contributed by atoms with van der Waals surface area (Å²) in [5, 5.41) is 11.6. The summed E-state index contributed by atoms with van der Waals surface area (Å²) in [7, 11) is 1.20. The quantitative estimate of drug-likeness (QED) is 0.444. The molecule has 2 atom stereocenters. The number of methoxy groups -OCH3 is 1. The molecule has 10 nitrogen and oxygen atoms in total. The van der Waals surface area contributed by atoms with Crippen LogP contribution in [-0.2, 0) is 27.2 Å². The average molecular weight is 402 g/mol. The molecule has 1 aliphatic heterocycles. The zero-order valence-electron chi connectivity index (χ0n) is 16.2. The van der Waals surface area contributed by atoms with E-state index in [9.17, 15) is 19.7 Å². The molecule has 0 aliphatic carbocycles. The summed E-state index contributed by atoms with van der Waals surface area (Å²) in [5.41, 5.74) is 0.0612. The number of nitro groups is 1. The molecule has 1 N–H and O–H groups in total. The maximum absolute atomic E-state index is 13.2. The zero-order valence-corrected chi connectivity index (χ0v) is 16.2. The van der Waals surface area contributed by atoms with Crippen LogP contribution in [0, 0.1) is 10.1 Å². The number of carbonyl (C=O) groups is 2. The normalized spacial score (nSPS) is 19.2. The highest BCUT2D eigenvalue weighted by Crippen LogP contribution is 2.42. The van der Waals surface area contributed by atoms with Gasteiger partial charge in [-0.3, -0.25) is 15.0 Å². The number of ether oxygens (including phenoxy) is 2. The highest BCUT2D eigenvalue weighted by atomic mass is 16.6. The fourth-order valence-electron chi connectivity index (χ4n) is 3.90. The molecule has 0 bridgehead atoms. The van der Waals surface area contributed by atoms with E-state index in [-0.39, 0.29) is 19.6 Å². The SMILES string of the molecule is CCOC(=O)N1Cc2[nH]cnc2C[C@]1(C(=O)OC)[C@H](C[N+](=O)[O-])c1ccccc1. The Morgan fingerprint density at radius 2 is 2.10 bits per heavy atom. The van der Waals surface area contributed by atoms with Gasteiger partial charge in [0, 0.05) is 11.3 Å². The van der Waals surface area contributed by atoms with E-state index < -0.39 is 35.0 Å². The summed E-state index contributed by atoms with van der Waals surface area (Å²) in [6.07, 6.45) is 0.680. The van der Waals surface area contributed by atoms with Gasteiger partial charge in [-0.15, -0.1) is 0 Å². The predicted octanol–water partition coefficient (Wildman–Crippen LogP) is 1.90. The summed E-state index contributed by atoms with van der Waals surface area (Å²) < 4.78 is 10.3. The van der Waals surface area contributed by atoms with Crippen molar-refractivity contribution in [3.63, 3.8) is 0 Å². The first-order valence-corrected chi connectivity index (χ1v) is 9.14. The van der Waals surface area contributed by atoms with Crippen LogP contribution < -0.4 is 0 Å².